The third-order valence-electron chi connectivity index (χ3n) is 5.76. The summed E-state index contributed by atoms with van der Waals surface area (Å²) < 4.78 is 9.22. The molecule has 0 saturated heterocycles. The zero-order chi connectivity index (χ0) is 21.4. The highest BCUT2D eigenvalue weighted by Gasteiger charge is 2.38. The van der Waals surface area contributed by atoms with Crippen molar-refractivity contribution < 1.29 is 4.74 Å². The van der Waals surface area contributed by atoms with Crippen LogP contribution in [0.2, 0.25) is 0 Å². The van der Waals surface area contributed by atoms with Gasteiger partial charge in [0.05, 0.1) is 11.6 Å². The molecule has 0 unspecified atom stereocenters. The number of pyridine rings is 1. The minimum absolute atomic E-state index is 0.128. The highest BCUT2D eigenvalue weighted by molar-refractivity contribution is 8.00. The summed E-state index contributed by atoms with van der Waals surface area (Å²) in [4.78, 5) is 5.64. The van der Waals surface area contributed by atoms with Crippen molar-refractivity contribution in [2.75, 3.05) is 4.72 Å². The maximum absolute atomic E-state index is 5.86. The largest absolute Gasteiger partial charge is 0.491 e. The van der Waals surface area contributed by atoms with E-state index in [1.165, 1.54) is 23.3 Å². The minimum Gasteiger partial charge on any atom is -0.491 e. The fourth-order valence-corrected chi connectivity index (χ4v) is 4.31. The third kappa shape index (κ3) is 4.26. The summed E-state index contributed by atoms with van der Waals surface area (Å²) in [6.45, 7) is 6.39. The summed E-state index contributed by atoms with van der Waals surface area (Å²) in [6.07, 6.45) is 4.52. The number of ether oxygens (including phenoxy) is 1. The first-order chi connectivity index (χ1) is 15.0. The molecule has 4 aromatic rings. The zero-order valence-corrected chi connectivity index (χ0v) is 18.8. The summed E-state index contributed by atoms with van der Waals surface area (Å²) in [5.74, 6) is 1.64. The Morgan fingerprint density at radius 3 is 2.61 bits per heavy atom. The molecule has 1 fully saturated rings. The van der Waals surface area contributed by atoms with Gasteiger partial charge in [-0.25, -0.2) is 4.98 Å². The lowest BCUT2D eigenvalue weighted by atomic mass is 9.99. The van der Waals surface area contributed by atoms with Gasteiger partial charge in [-0.3, -0.25) is 5.10 Å². The molecular formula is C25H26N4OS. The van der Waals surface area contributed by atoms with Crippen molar-refractivity contribution >= 4 is 28.7 Å². The third-order valence-corrected chi connectivity index (χ3v) is 6.58. The summed E-state index contributed by atoms with van der Waals surface area (Å²) >= 11 is 1.57. The molecule has 31 heavy (non-hydrogen) atoms. The van der Waals surface area contributed by atoms with Crippen LogP contribution in [-0.4, -0.2) is 21.3 Å². The van der Waals surface area contributed by atoms with Crippen LogP contribution in [0.25, 0.3) is 22.2 Å². The van der Waals surface area contributed by atoms with Crippen LogP contribution >= 0.6 is 11.9 Å². The van der Waals surface area contributed by atoms with Crippen molar-refractivity contribution in [3.8, 4) is 17.0 Å². The number of H-pyrrole nitrogens is 1. The Bertz CT molecular complexity index is 1210. The molecule has 0 bridgehead atoms. The highest BCUT2D eigenvalue weighted by Crippen LogP contribution is 2.47. The van der Waals surface area contributed by atoms with E-state index < -0.39 is 0 Å². The molecule has 2 aromatic heterocycles. The molecule has 0 spiro atoms. The molecule has 5 rings (SSSR count). The second-order valence-corrected chi connectivity index (χ2v) is 9.54. The van der Waals surface area contributed by atoms with Crippen molar-refractivity contribution in [1.82, 2.24) is 15.2 Å². The number of nitrogens with zero attached hydrogens (tertiary/aromatic N) is 2. The van der Waals surface area contributed by atoms with Crippen LogP contribution in [0.3, 0.4) is 0 Å². The first-order valence-electron chi connectivity index (χ1n) is 10.6. The average molecular weight is 431 g/mol. The van der Waals surface area contributed by atoms with Gasteiger partial charge in [-0.2, -0.15) is 5.10 Å². The molecule has 5 nitrogen and oxygen atoms in total. The fourth-order valence-electron chi connectivity index (χ4n) is 3.71. The Kier molecular flexibility index (Phi) is 5.10. The monoisotopic (exact) mass is 430 g/mol. The van der Waals surface area contributed by atoms with Crippen LogP contribution in [0.1, 0.15) is 39.2 Å². The smallest absolute Gasteiger partial charge is 0.136 e. The van der Waals surface area contributed by atoms with Gasteiger partial charge in [0.1, 0.15) is 17.3 Å². The van der Waals surface area contributed by atoms with Gasteiger partial charge in [-0.1, -0.05) is 19.1 Å². The normalized spacial score (nSPS) is 14.7. The van der Waals surface area contributed by atoms with Gasteiger partial charge in [0.15, 0.2) is 0 Å². The number of aromatic amines is 1. The molecular weight excluding hydrogens is 404 g/mol. The molecule has 0 atom stereocenters. The molecule has 6 heteroatoms. The molecule has 2 N–H and O–H groups in total. The number of anilines is 1. The molecule has 2 heterocycles. The lowest BCUT2D eigenvalue weighted by Gasteiger charge is -2.10. The van der Waals surface area contributed by atoms with E-state index in [9.17, 15) is 0 Å². The van der Waals surface area contributed by atoms with E-state index in [2.05, 4.69) is 51.1 Å². The first kappa shape index (κ1) is 19.9. The van der Waals surface area contributed by atoms with Crippen LogP contribution in [0.15, 0.2) is 65.7 Å². The van der Waals surface area contributed by atoms with Crippen molar-refractivity contribution in [2.24, 2.45) is 0 Å². The molecule has 158 valence electrons. The summed E-state index contributed by atoms with van der Waals surface area (Å²) in [7, 11) is 0. The van der Waals surface area contributed by atoms with Gasteiger partial charge < -0.3 is 9.46 Å². The van der Waals surface area contributed by atoms with Gasteiger partial charge in [0, 0.05) is 22.0 Å². The van der Waals surface area contributed by atoms with Crippen molar-refractivity contribution in [2.45, 2.75) is 50.0 Å². The Balaban J connectivity index is 1.34. The minimum atomic E-state index is 0.128. The maximum Gasteiger partial charge on any atom is 0.136 e. The van der Waals surface area contributed by atoms with Crippen molar-refractivity contribution in [3.63, 3.8) is 0 Å². The van der Waals surface area contributed by atoms with Gasteiger partial charge in [-0.05, 0) is 92.1 Å². The SMILES string of the molecule is CC(C)Oc1ccc2[nH]nc(-c3ccnc(NSc4ccc(C5(C)CC5)cc4)c3)c2c1. The first-order valence-corrected chi connectivity index (χ1v) is 11.5. The number of fused-ring (bicyclic) bond motifs is 1. The van der Waals surface area contributed by atoms with E-state index in [-0.39, 0.29) is 6.10 Å². The van der Waals surface area contributed by atoms with E-state index in [1.807, 2.05) is 50.4 Å². The van der Waals surface area contributed by atoms with Gasteiger partial charge in [0.2, 0.25) is 0 Å². The van der Waals surface area contributed by atoms with Crippen LogP contribution in [0.5, 0.6) is 5.75 Å². The number of hydrogen-bond acceptors (Lipinski definition) is 5. The summed E-state index contributed by atoms with van der Waals surface area (Å²) in [6, 6.07) is 18.9. The van der Waals surface area contributed by atoms with Crippen LogP contribution < -0.4 is 9.46 Å². The second kappa shape index (κ2) is 7.93. The van der Waals surface area contributed by atoms with Crippen molar-refractivity contribution in [1.29, 1.82) is 0 Å². The number of rotatable bonds is 7. The Hall–Kier alpha value is -2.99. The Labute approximate surface area is 186 Å². The van der Waals surface area contributed by atoms with E-state index in [4.69, 9.17) is 4.74 Å². The zero-order valence-electron chi connectivity index (χ0n) is 18.0. The maximum atomic E-state index is 5.86. The number of benzene rings is 2. The van der Waals surface area contributed by atoms with E-state index in [0.717, 1.165) is 33.7 Å². The average Bonchev–Trinajstić information content (AvgIpc) is 3.38. The Morgan fingerprint density at radius 2 is 1.87 bits per heavy atom. The van der Waals surface area contributed by atoms with Crippen LogP contribution in [-0.2, 0) is 5.41 Å². The quantitative estimate of drug-likeness (QED) is 0.324. The summed E-state index contributed by atoms with van der Waals surface area (Å²) in [5, 5.41) is 8.69. The van der Waals surface area contributed by atoms with E-state index in [1.54, 1.807) is 11.9 Å². The van der Waals surface area contributed by atoms with Gasteiger partial charge >= 0.3 is 0 Å². The topological polar surface area (TPSA) is 62.8 Å². The fraction of sp³-hybridized carbons (Fsp3) is 0.280. The lowest BCUT2D eigenvalue weighted by Crippen LogP contribution is -2.05. The van der Waals surface area contributed by atoms with Crippen molar-refractivity contribution in [3.05, 3.63) is 66.4 Å². The highest BCUT2D eigenvalue weighted by atomic mass is 32.2. The molecule has 2 aromatic carbocycles. The molecule has 0 aliphatic heterocycles. The van der Waals surface area contributed by atoms with E-state index >= 15 is 0 Å². The standard InChI is InChI=1S/C25H26N4OS/c1-16(2)30-19-6-9-22-21(15-19)24(28-27-22)17-10-13-26-23(14-17)29-31-20-7-4-18(5-8-20)25(3)11-12-25/h4-10,13-16H,11-12H2,1-3H3,(H,26,29)(H,27,28). The number of nitrogens with one attached hydrogen (secondary N) is 2. The predicted octanol–water partition coefficient (Wildman–Crippen LogP) is 6.58. The molecule has 0 radical (unpaired) electrons. The van der Waals surface area contributed by atoms with Crippen LogP contribution in [0, 0.1) is 0 Å². The molecule has 1 aliphatic carbocycles. The molecule has 1 aliphatic rings. The lowest BCUT2D eigenvalue weighted by molar-refractivity contribution is 0.243. The van der Waals surface area contributed by atoms with E-state index in [0.29, 0.717) is 5.41 Å². The molecule has 0 amide bonds. The number of aromatic nitrogens is 3. The van der Waals surface area contributed by atoms with Crippen LogP contribution in [0.4, 0.5) is 5.82 Å². The van der Waals surface area contributed by atoms with Gasteiger partial charge in [0.25, 0.3) is 0 Å². The van der Waals surface area contributed by atoms with Gasteiger partial charge in [-0.15, -0.1) is 0 Å². The molecule has 1 saturated carbocycles. The number of hydrogen-bond donors (Lipinski definition) is 2. The Morgan fingerprint density at radius 1 is 1.06 bits per heavy atom. The summed E-state index contributed by atoms with van der Waals surface area (Å²) in [5.41, 5.74) is 4.71. The predicted molar refractivity (Wildman–Crippen MR) is 128 cm³/mol. The second-order valence-electron chi connectivity index (χ2n) is 8.67.